The maximum Gasteiger partial charge on any atom is 0.126 e. The molecule has 1 aromatic rings. The number of ether oxygens (including phenoxy) is 2. The Hall–Kier alpha value is -1.22. The Labute approximate surface area is 96.5 Å². The van der Waals surface area contributed by atoms with Crippen LogP contribution >= 0.6 is 0 Å². The van der Waals surface area contributed by atoms with Crippen LogP contribution in [0.15, 0.2) is 12.1 Å². The van der Waals surface area contributed by atoms with Crippen molar-refractivity contribution in [3.8, 4) is 11.5 Å². The highest BCUT2D eigenvalue weighted by Crippen LogP contribution is 2.53. The van der Waals surface area contributed by atoms with E-state index in [2.05, 4.69) is 12.1 Å². The normalized spacial score (nSPS) is 23.0. The van der Waals surface area contributed by atoms with Gasteiger partial charge in [-0.3, -0.25) is 0 Å². The number of rotatable bonds is 4. The lowest BCUT2D eigenvalue weighted by molar-refractivity contribution is 0.384. The number of hydrogen-bond donors (Lipinski definition) is 1. The molecule has 1 aromatic carbocycles. The largest absolute Gasteiger partial charge is 0.496 e. The van der Waals surface area contributed by atoms with E-state index in [0.717, 1.165) is 30.0 Å². The fraction of sp³-hybridized carbons (Fsp3) is 0.538. The highest BCUT2D eigenvalue weighted by atomic mass is 16.5. The summed E-state index contributed by atoms with van der Waals surface area (Å²) in [5.74, 6) is 2.96. The van der Waals surface area contributed by atoms with Crippen LogP contribution in [0.3, 0.4) is 0 Å². The second kappa shape index (κ2) is 4.34. The molecule has 0 radical (unpaired) electrons. The first kappa shape index (κ1) is 11.3. The van der Waals surface area contributed by atoms with Crippen molar-refractivity contribution < 1.29 is 9.47 Å². The SMILES string of the molecule is COc1cc(C)cc(OC)c1[C@@H]1C[C@H]1CN. The van der Waals surface area contributed by atoms with Crippen LogP contribution in [0.5, 0.6) is 11.5 Å². The van der Waals surface area contributed by atoms with Crippen molar-refractivity contribution >= 4 is 0 Å². The molecule has 1 fully saturated rings. The monoisotopic (exact) mass is 221 g/mol. The Kier molecular flexibility index (Phi) is 3.06. The van der Waals surface area contributed by atoms with Crippen LogP contribution in [-0.2, 0) is 0 Å². The third-order valence-corrected chi connectivity index (χ3v) is 3.28. The number of methoxy groups -OCH3 is 2. The van der Waals surface area contributed by atoms with Gasteiger partial charge in [0, 0.05) is 5.56 Å². The Morgan fingerprint density at radius 3 is 2.19 bits per heavy atom. The van der Waals surface area contributed by atoms with E-state index in [-0.39, 0.29) is 0 Å². The standard InChI is InChI=1S/C13H19NO2/c1-8-4-11(15-2)13(12(5-8)16-3)10-6-9(10)7-14/h4-5,9-10H,6-7,14H2,1-3H3/t9-,10+/m0/s1. The molecule has 1 aliphatic rings. The van der Waals surface area contributed by atoms with Gasteiger partial charge in [-0.25, -0.2) is 0 Å². The van der Waals surface area contributed by atoms with Crippen LogP contribution in [0.2, 0.25) is 0 Å². The molecule has 1 aliphatic carbocycles. The Bertz CT molecular complexity index is 365. The van der Waals surface area contributed by atoms with Gasteiger partial charge < -0.3 is 15.2 Å². The van der Waals surface area contributed by atoms with Crippen molar-refractivity contribution in [2.75, 3.05) is 20.8 Å². The van der Waals surface area contributed by atoms with Gasteiger partial charge in [0.2, 0.25) is 0 Å². The van der Waals surface area contributed by atoms with E-state index in [9.17, 15) is 0 Å². The van der Waals surface area contributed by atoms with E-state index in [4.69, 9.17) is 15.2 Å². The van der Waals surface area contributed by atoms with Gasteiger partial charge in [-0.1, -0.05) is 0 Å². The first-order chi connectivity index (χ1) is 7.71. The lowest BCUT2D eigenvalue weighted by Gasteiger charge is -2.14. The van der Waals surface area contributed by atoms with E-state index in [1.54, 1.807) is 14.2 Å². The number of hydrogen-bond acceptors (Lipinski definition) is 3. The Balaban J connectivity index is 2.41. The van der Waals surface area contributed by atoms with Gasteiger partial charge in [0.05, 0.1) is 14.2 Å². The first-order valence-corrected chi connectivity index (χ1v) is 5.63. The molecule has 88 valence electrons. The van der Waals surface area contributed by atoms with E-state index < -0.39 is 0 Å². The van der Waals surface area contributed by atoms with Crippen molar-refractivity contribution in [3.05, 3.63) is 23.3 Å². The predicted molar refractivity (Wildman–Crippen MR) is 64.2 cm³/mol. The molecule has 0 unspecified atom stereocenters. The summed E-state index contributed by atoms with van der Waals surface area (Å²) in [6.45, 7) is 2.78. The molecule has 2 N–H and O–H groups in total. The van der Waals surface area contributed by atoms with Gasteiger partial charge in [0.1, 0.15) is 11.5 Å². The second-order valence-corrected chi connectivity index (χ2v) is 4.42. The first-order valence-electron chi connectivity index (χ1n) is 5.63. The Morgan fingerprint density at radius 2 is 1.81 bits per heavy atom. The van der Waals surface area contributed by atoms with E-state index >= 15 is 0 Å². The van der Waals surface area contributed by atoms with Gasteiger partial charge in [0.15, 0.2) is 0 Å². The zero-order valence-electron chi connectivity index (χ0n) is 10.1. The molecule has 2 atom stereocenters. The molecule has 1 saturated carbocycles. The van der Waals surface area contributed by atoms with Crippen LogP contribution in [0.25, 0.3) is 0 Å². The molecule has 3 nitrogen and oxygen atoms in total. The summed E-state index contributed by atoms with van der Waals surface area (Å²) in [7, 11) is 3.41. The minimum Gasteiger partial charge on any atom is -0.496 e. The van der Waals surface area contributed by atoms with Gasteiger partial charge >= 0.3 is 0 Å². The maximum absolute atomic E-state index is 5.69. The number of benzene rings is 1. The summed E-state index contributed by atoms with van der Waals surface area (Å²) < 4.78 is 10.9. The highest BCUT2D eigenvalue weighted by Gasteiger charge is 2.40. The summed E-state index contributed by atoms with van der Waals surface area (Å²) in [6.07, 6.45) is 1.15. The molecule has 0 spiro atoms. The average Bonchev–Trinajstić information content (AvgIpc) is 3.06. The summed E-state index contributed by atoms with van der Waals surface area (Å²) >= 11 is 0. The molecule has 0 aliphatic heterocycles. The summed E-state index contributed by atoms with van der Waals surface area (Å²) in [6, 6.07) is 4.12. The van der Waals surface area contributed by atoms with Gasteiger partial charge in [-0.15, -0.1) is 0 Å². The minimum absolute atomic E-state index is 0.510. The molecule has 0 heterocycles. The fourth-order valence-electron chi connectivity index (χ4n) is 2.30. The highest BCUT2D eigenvalue weighted by molar-refractivity contribution is 5.52. The van der Waals surface area contributed by atoms with Crippen LogP contribution in [0.4, 0.5) is 0 Å². The van der Waals surface area contributed by atoms with Crippen molar-refractivity contribution in [1.29, 1.82) is 0 Å². The third kappa shape index (κ3) is 1.87. The molecule has 0 aromatic heterocycles. The van der Waals surface area contributed by atoms with Crippen molar-refractivity contribution in [3.63, 3.8) is 0 Å². The predicted octanol–water partition coefficient (Wildman–Crippen LogP) is 2.07. The fourth-order valence-corrected chi connectivity index (χ4v) is 2.30. The van der Waals surface area contributed by atoms with Crippen molar-refractivity contribution in [2.24, 2.45) is 11.7 Å². The quantitative estimate of drug-likeness (QED) is 0.846. The van der Waals surface area contributed by atoms with Gasteiger partial charge in [-0.05, 0) is 49.4 Å². The van der Waals surface area contributed by atoms with Gasteiger partial charge in [0.25, 0.3) is 0 Å². The molecule has 16 heavy (non-hydrogen) atoms. The molecular weight excluding hydrogens is 202 g/mol. The third-order valence-electron chi connectivity index (χ3n) is 3.28. The minimum atomic E-state index is 0.510. The van der Waals surface area contributed by atoms with Crippen LogP contribution in [-0.4, -0.2) is 20.8 Å². The van der Waals surface area contributed by atoms with Crippen molar-refractivity contribution in [1.82, 2.24) is 0 Å². The van der Waals surface area contributed by atoms with Crippen LogP contribution in [0, 0.1) is 12.8 Å². The van der Waals surface area contributed by atoms with Crippen LogP contribution in [0.1, 0.15) is 23.5 Å². The van der Waals surface area contributed by atoms with Crippen LogP contribution < -0.4 is 15.2 Å². The Morgan fingerprint density at radius 1 is 1.25 bits per heavy atom. The van der Waals surface area contributed by atoms with E-state index in [1.807, 2.05) is 6.92 Å². The zero-order chi connectivity index (χ0) is 11.7. The molecule has 0 saturated heterocycles. The van der Waals surface area contributed by atoms with Gasteiger partial charge in [-0.2, -0.15) is 0 Å². The molecule has 2 rings (SSSR count). The molecule has 0 bridgehead atoms. The average molecular weight is 221 g/mol. The van der Waals surface area contributed by atoms with E-state index in [1.165, 1.54) is 5.56 Å². The topological polar surface area (TPSA) is 44.5 Å². The molecule has 3 heteroatoms. The molecule has 0 amide bonds. The molecular formula is C13H19NO2. The van der Waals surface area contributed by atoms with Crippen molar-refractivity contribution in [2.45, 2.75) is 19.3 Å². The smallest absolute Gasteiger partial charge is 0.126 e. The lowest BCUT2D eigenvalue weighted by Crippen LogP contribution is -2.04. The summed E-state index contributed by atoms with van der Waals surface area (Å²) in [4.78, 5) is 0. The summed E-state index contributed by atoms with van der Waals surface area (Å²) in [5.41, 5.74) is 8.03. The zero-order valence-corrected chi connectivity index (χ0v) is 10.1. The second-order valence-electron chi connectivity index (χ2n) is 4.42. The number of nitrogens with two attached hydrogens (primary N) is 1. The maximum atomic E-state index is 5.69. The number of aryl methyl sites for hydroxylation is 1. The van der Waals surface area contributed by atoms with E-state index in [0.29, 0.717) is 11.8 Å². The lowest BCUT2D eigenvalue weighted by atomic mass is 10.0. The summed E-state index contributed by atoms with van der Waals surface area (Å²) in [5, 5.41) is 0.